The monoisotopic (exact) mass is 248 g/mol. The molecule has 94 valence electrons. The number of nitrogens with zero attached hydrogens (tertiary/aromatic N) is 3. The van der Waals surface area contributed by atoms with Gasteiger partial charge in [-0.15, -0.1) is 0 Å². The summed E-state index contributed by atoms with van der Waals surface area (Å²) >= 11 is 0. The van der Waals surface area contributed by atoms with Crippen LogP contribution in [0.15, 0.2) is 24.3 Å². The van der Waals surface area contributed by atoms with E-state index in [2.05, 4.69) is 15.2 Å². The van der Waals surface area contributed by atoms with Crippen LogP contribution in [-0.4, -0.2) is 20.1 Å². The molecule has 1 aromatic heterocycles. The summed E-state index contributed by atoms with van der Waals surface area (Å²) in [7, 11) is 0. The summed E-state index contributed by atoms with van der Waals surface area (Å²) in [5.74, 6) is 1.74. The van der Waals surface area contributed by atoms with E-state index in [0.29, 0.717) is 17.4 Å². The zero-order valence-corrected chi connectivity index (χ0v) is 9.79. The molecule has 2 aromatic rings. The number of nitro benzene ring substituents is 1. The van der Waals surface area contributed by atoms with Gasteiger partial charge in [0, 0.05) is 12.5 Å². The van der Waals surface area contributed by atoms with E-state index < -0.39 is 4.92 Å². The third kappa shape index (κ3) is 2.82. The van der Waals surface area contributed by atoms with E-state index in [-0.39, 0.29) is 12.3 Å². The third-order valence-electron chi connectivity index (χ3n) is 2.30. The quantitative estimate of drug-likeness (QED) is 0.643. The first kappa shape index (κ1) is 12.0. The van der Waals surface area contributed by atoms with Crippen molar-refractivity contribution in [1.82, 2.24) is 15.2 Å². The molecule has 0 aliphatic carbocycles. The Kier molecular flexibility index (Phi) is 3.52. The number of hydrogen-bond donors (Lipinski definition) is 1. The van der Waals surface area contributed by atoms with E-state index in [1.807, 2.05) is 6.92 Å². The minimum Gasteiger partial charge on any atom is -0.485 e. The summed E-state index contributed by atoms with van der Waals surface area (Å²) in [6.07, 6.45) is 0.743. The lowest BCUT2D eigenvalue weighted by Gasteiger charge is -2.02. The number of non-ortho nitro benzene ring substituents is 1. The molecule has 0 spiro atoms. The number of nitro groups is 1. The average molecular weight is 248 g/mol. The van der Waals surface area contributed by atoms with Crippen LogP contribution in [0.3, 0.4) is 0 Å². The normalized spacial score (nSPS) is 10.3. The second kappa shape index (κ2) is 5.26. The molecule has 0 amide bonds. The summed E-state index contributed by atoms with van der Waals surface area (Å²) < 4.78 is 5.40. The molecule has 18 heavy (non-hydrogen) atoms. The molecule has 7 nitrogen and oxygen atoms in total. The maximum Gasteiger partial charge on any atom is 0.273 e. The van der Waals surface area contributed by atoms with E-state index in [1.54, 1.807) is 12.1 Å². The van der Waals surface area contributed by atoms with Gasteiger partial charge in [0.2, 0.25) is 0 Å². The van der Waals surface area contributed by atoms with Crippen LogP contribution in [0.5, 0.6) is 5.75 Å². The van der Waals surface area contributed by atoms with Gasteiger partial charge in [-0.25, -0.2) is 4.98 Å². The van der Waals surface area contributed by atoms with Crippen molar-refractivity contribution in [2.75, 3.05) is 0 Å². The highest BCUT2D eigenvalue weighted by molar-refractivity contribution is 5.37. The van der Waals surface area contributed by atoms with Crippen molar-refractivity contribution in [1.29, 1.82) is 0 Å². The zero-order valence-electron chi connectivity index (χ0n) is 9.79. The van der Waals surface area contributed by atoms with Gasteiger partial charge in [0.15, 0.2) is 11.6 Å². The predicted octanol–water partition coefficient (Wildman–Crippen LogP) is 1.85. The van der Waals surface area contributed by atoms with Gasteiger partial charge in [0.1, 0.15) is 12.4 Å². The number of benzene rings is 1. The highest BCUT2D eigenvalue weighted by Crippen LogP contribution is 2.19. The van der Waals surface area contributed by atoms with E-state index >= 15 is 0 Å². The average Bonchev–Trinajstić information content (AvgIpc) is 2.84. The van der Waals surface area contributed by atoms with E-state index in [1.165, 1.54) is 12.1 Å². The lowest BCUT2D eigenvalue weighted by molar-refractivity contribution is -0.384. The summed E-state index contributed by atoms with van der Waals surface area (Å²) in [5, 5.41) is 17.3. The molecule has 7 heteroatoms. The molecule has 1 N–H and O–H groups in total. The molecule has 0 saturated heterocycles. The molecule has 0 unspecified atom stereocenters. The van der Waals surface area contributed by atoms with Crippen LogP contribution in [0.2, 0.25) is 0 Å². The van der Waals surface area contributed by atoms with Crippen molar-refractivity contribution in [3.63, 3.8) is 0 Å². The Hall–Kier alpha value is -2.44. The summed E-state index contributed by atoms with van der Waals surface area (Å²) in [5.41, 5.74) is -0.000632. The SMILES string of the molecule is CCc1n[nH]c(COc2cccc([N+](=O)[O-])c2)n1. The van der Waals surface area contributed by atoms with Crippen LogP contribution in [0.4, 0.5) is 5.69 Å². The second-order valence-electron chi connectivity index (χ2n) is 3.60. The lowest BCUT2D eigenvalue weighted by atomic mass is 10.3. The molecule has 0 saturated carbocycles. The largest absolute Gasteiger partial charge is 0.485 e. The van der Waals surface area contributed by atoms with Gasteiger partial charge in [-0.1, -0.05) is 13.0 Å². The van der Waals surface area contributed by atoms with Crippen molar-refractivity contribution >= 4 is 5.69 Å². The van der Waals surface area contributed by atoms with Crippen LogP contribution in [-0.2, 0) is 13.0 Å². The molecule has 0 radical (unpaired) electrons. The standard InChI is InChI=1S/C11H12N4O3/c1-2-10-12-11(14-13-10)7-18-9-5-3-4-8(6-9)15(16)17/h3-6H,2,7H2,1H3,(H,12,13,14). The molecule has 0 bridgehead atoms. The molecule has 0 aliphatic heterocycles. The summed E-state index contributed by atoms with van der Waals surface area (Å²) in [4.78, 5) is 14.3. The Labute approximate surface area is 103 Å². The zero-order chi connectivity index (χ0) is 13.0. The highest BCUT2D eigenvalue weighted by Gasteiger charge is 2.07. The third-order valence-corrected chi connectivity index (χ3v) is 2.30. The van der Waals surface area contributed by atoms with Crippen molar-refractivity contribution in [2.45, 2.75) is 20.0 Å². The topological polar surface area (TPSA) is 93.9 Å². The van der Waals surface area contributed by atoms with Crippen molar-refractivity contribution < 1.29 is 9.66 Å². The van der Waals surface area contributed by atoms with Crippen LogP contribution < -0.4 is 4.74 Å². The number of aromatic nitrogens is 3. The second-order valence-corrected chi connectivity index (χ2v) is 3.60. The molecule has 2 rings (SSSR count). The summed E-state index contributed by atoms with van der Waals surface area (Å²) in [6, 6.07) is 6.02. The first-order valence-corrected chi connectivity index (χ1v) is 5.46. The van der Waals surface area contributed by atoms with E-state index in [0.717, 1.165) is 6.42 Å². The lowest BCUT2D eigenvalue weighted by Crippen LogP contribution is -1.98. The van der Waals surface area contributed by atoms with Gasteiger partial charge in [-0.05, 0) is 6.07 Å². The fraction of sp³-hybridized carbons (Fsp3) is 0.273. The molecule has 1 heterocycles. The number of rotatable bonds is 5. The van der Waals surface area contributed by atoms with Gasteiger partial charge in [-0.3, -0.25) is 15.2 Å². The Bertz CT molecular complexity index is 553. The van der Waals surface area contributed by atoms with Crippen molar-refractivity contribution in [3.8, 4) is 5.75 Å². The number of hydrogen-bond acceptors (Lipinski definition) is 5. The van der Waals surface area contributed by atoms with E-state index in [9.17, 15) is 10.1 Å². The maximum absolute atomic E-state index is 10.6. The highest BCUT2D eigenvalue weighted by atomic mass is 16.6. The van der Waals surface area contributed by atoms with Gasteiger partial charge >= 0.3 is 0 Å². The Morgan fingerprint density at radius 3 is 3.00 bits per heavy atom. The first-order chi connectivity index (χ1) is 8.69. The van der Waals surface area contributed by atoms with Crippen LogP contribution in [0.25, 0.3) is 0 Å². The molecule has 0 aliphatic rings. The minimum atomic E-state index is -0.462. The molecular weight excluding hydrogens is 236 g/mol. The molecule has 1 aromatic carbocycles. The van der Waals surface area contributed by atoms with Gasteiger partial charge in [-0.2, -0.15) is 5.10 Å². The molecular formula is C11H12N4O3. The Morgan fingerprint density at radius 2 is 2.33 bits per heavy atom. The number of aromatic amines is 1. The van der Waals surface area contributed by atoms with Crippen LogP contribution in [0.1, 0.15) is 18.6 Å². The minimum absolute atomic E-state index is 0.000632. The molecule has 0 atom stereocenters. The Morgan fingerprint density at radius 1 is 1.50 bits per heavy atom. The fourth-order valence-electron chi connectivity index (χ4n) is 1.40. The number of ether oxygens (including phenoxy) is 1. The molecule has 0 fully saturated rings. The maximum atomic E-state index is 10.6. The number of aryl methyl sites for hydroxylation is 1. The Balaban J connectivity index is 2.01. The smallest absolute Gasteiger partial charge is 0.273 e. The summed E-state index contributed by atoms with van der Waals surface area (Å²) in [6.45, 7) is 2.16. The fourth-order valence-corrected chi connectivity index (χ4v) is 1.40. The first-order valence-electron chi connectivity index (χ1n) is 5.46. The van der Waals surface area contributed by atoms with Gasteiger partial charge in [0.05, 0.1) is 11.0 Å². The van der Waals surface area contributed by atoms with Crippen LogP contribution in [0, 0.1) is 10.1 Å². The van der Waals surface area contributed by atoms with Crippen molar-refractivity contribution in [2.24, 2.45) is 0 Å². The van der Waals surface area contributed by atoms with Gasteiger partial charge < -0.3 is 4.74 Å². The van der Waals surface area contributed by atoms with Crippen molar-refractivity contribution in [3.05, 3.63) is 46.0 Å². The number of H-pyrrole nitrogens is 1. The number of nitrogens with one attached hydrogen (secondary N) is 1. The van der Waals surface area contributed by atoms with Crippen LogP contribution >= 0.6 is 0 Å². The predicted molar refractivity (Wildman–Crippen MR) is 63.2 cm³/mol. The van der Waals surface area contributed by atoms with Gasteiger partial charge in [0.25, 0.3) is 5.69 Å². The van der Waals surface area contributed by atoms with E-state index in [4.69, 9.17) is 4.74 Å².